The maximum atomic E-state index is 13.4. The molecule has 0 aliphatic heterocycles. The van der Waals surface area contributed by atoms with Crippen molar-refractivity contribution in [1.82, 2.24) is 0 Å². The molecule has 0 saturated heterocycles. The molecule has 2 rings (SSSR count). The molecule has 0 N–H and O–H groups in total. The number of hydrogen-bond donors (Lipinski definition) is 0. The second kappa shape index (κ2) is 8.73. The zero-order chi connectivity index (χ0) is 22.7. The summed E-state index contributed by atoms with van der Waals surface area (Å²) in [5, 5.41) is 0. The average molecular weight is 451 g/mol. The first kappa shape index (κ1) is 23.8. The first-order chi connectivity index (χ1) is 13.8. The molecule has 0 aliphatic rings. The van der Waals surface area contributed by atoms with Crippen LogP contribution in [0.25, 0.3) is 0 Å². The van der Waals surface area contributed by atoms with Crippen LogP contribution in [0.2, 0.25) is 0 Å². The fourth-order valence-electron chi connectivity index (χ4n) is 2.89. The molecule has 0 aliphatic carbocycles. The first-order valence-electron chi connectivity index (χ1n) is 9.28. The predicted molar refractivity (Wildman–Crippen MR) is 115 cm³/mol. The topological polar surface area (TPSA) is 94.6 Å². The van der Waals surface area contributed by atoms with E-state index >= 15 is 0 Å². The number of benzene rings is 2. The Kier molecular flexibility index (Phi) is 6.94. The fraction of sp³-hybridized carbons (Fsp3) is 0.318. The molecule has 0 bridgehead atoms. The van der Waals surface area contributed by atoms with E-state index in [1.807, 2.05) is 0 Å². The third-order valence-electron chi connectivity index (χ3n) is 4.37. The zero-order valence-electron chi connectivity index (χ0n) is 17.4. The molecule has 8 heteroatoms. The molecule has 2 aromatic rings. The molecule has 0 fully saturated rings. The van der Waals surface area contributed by atoms with E-state index in [2.05, 4.69) is 6.58 Å². The highest BCUT2D eigenvalue weighted by Crippen LogP contribution is 2.34. The largest absolute Gasteiger partial charge is 0.457 e. The van der Waals surface area contributed by atoms with Crippen LogP contribution in [-0.2, 0) is 29.2 Å². The van der Waals surface area contributed by atoms with Crippen molar-refractivity contribution in [3.63, 3.8) is 0 Å². The second-order valence-electron chi connectivity index (χ2n) is 7.90. The van der Waals surface area contributed by atoms with Crippen LogP contribution in [0.1, 0.15) is 27.7 Å². The lowest BCUT2D eigenvalue weighted by Gasteiger charge is -2.27. The van der Waals surface area contributed by atoms with Gasteiger partial charge in [0.25, 0.3) is 0 Å². The van der Waals surface area contributed by atoms with Gasteiger partial charge in [-0.3, -0.25) is 0 Å². The molecule has 30 heavy (non-hydrogen) atoms. The highest BCUT2D eigenvalue weighted by molar-refractivity contribution is 8.09. The molecule has 162 valence electrons. The minimum atomic E-state index is -4.38. The molecular weight excluding hydrogens is 424 g/mol. The molecule has 0 radical (unpaired) electrons. The smallest absolute Gasteiger partial charge is 0.334 e. The van der Waals surface area contributed by atoms with E-state index < -0.39 is 41.7 Å². The lowest BCUT2D eigenvalue weighted by molar-refractivity contribution is -0.150. The van der Waals surface area contributed by atoms with Gasteiger partial charge in [-0.2, -0.15) is 0 Å². The molecule has 0 saturated carbocycles. The minimum Gasteiger partial charge on any atom is -0.457 e. The molecule has 1 atom stereocenters. The summed E-state index contributed by atoms with van der Waals surface area (Å²) in [6, 6.07) is 14.6. The Labute approximate surface area is 178 Å². The number of carbonyl (C=O) groups excluding carboxylic acids is 1. The van der Waals surface area contributed by atoms with Crippen molar-refractivity contribution in [2.24, 2.45) is 5.92 Å². The van der Waals surface area contributed by atoms with Gasteiger partial charge < -0.3 is 4.74 Å². The summed E-state index contributed by atoms with van der Waals surface area (Å²) in [5.41, 5.74) is -1.07. The molecule has 1 unspecified atom stereocenters. The van der Waals surface area contributed by atoms with E-state index in [0.29, 0.717) is 0 Å². The lowest BCUT2D eigenvalue weighted by atomic mass is 10.0. The van der Waals surface area contributed by atoms with Gasteiger partial charge in [-0.1, -0.05) is 49.9 Å². The van der Waals surface area contributed by atoms with E-state index in [1.165, 1.54) is 55.5 Å². The van der Waals surface area contributed by atoms with Crippen LogP contribution in [0.3, 0.4) is 0 Å². The lowest BCUT2D eigenvalue weighted by Crippen LogP contribution is -2.39. The van der Waals surface area contributed by atoms with Crippen LogP contribution in [0, 0.1) is 5.92 Å². The van der Waals surface area contributed by atoms with Crippen LogP contribution in [0.5, 0.6) is 0 Å². The molecule has 0 spiro atoms. The summed E-state index contributed by atoms with van der Waals surface area (Å²) in [4.78, 5) is 12.2. The van der Waals surface area contributed by atoms with E-state index in [4.69, 9.17) is 4.74 Å². The van der Waals surface area contributed by atoms with Gasteiger partial charge in [0.05, 0.1) is 9.79 Å². The third kappa shape index (κ3) is 5.17. The van der Waals surface area contributed by atoms with Crippen molar-refractivity contribution in [2.75, 3.05) is 0 Å². The summed E-state index contributed by atoms with van der Waals surface area (Å²) in [5.74, 6) is -2.10. The Morgan fingerprint density at radius 1 is 0.833 bits per heavy atom. The number of esters is 1. The molecule has 0 amide bonds. The maximum Gasteiger partial charge on any atom is 0.334 e. The van der Waals surface area contributed by atoms with E-state index in [-0.39, 0.29) is 15.4 Å². The van der Waals surface area contributed by atoms with Crippen LogP contribution in [0.15, 0.2) is 82.6 Å². The van der Waals surface area contributed by atoms with Crippen molar-refractivity contribution in [1.29, 1.82) is 0 Å². The van der Waals surface area contributed by atoms with Crippen LogP contribution in [0.4, 0.5) is 0 Å². The number of rotatable bonds is 7. The van der Waals surface area contributed by atoms with E-state index in [9.17, 15) is 21.6 Å². The number of sulfone groups is 2. The van der Waals surface area contributed by atoms with Crippen LogP contribution < -0.4 is 0 Å². The van der Waals surface area contributed by atoms with Gasteiger partial charge in [0.15, 0.2) is 24.3 Å². The first-order valence-corrected chi connectivity index (χ1v) is 12.4. The SMILES string of the molecule is C=C(C(=O)OC(C)(C)C)C(C)C(S(=O)(=O)c1ccccc1)S(=O)(=O)c1ccccc1. The highest BCUT2D eigenvalue weighted by atomic mass is 32.3. The van der Waals surface area contributed by atoms with E-state index in [1.54, 1.807) is 32.9 Å². The summed E-state index contributed by atoms with van der Waals surface area (Å²) in [6.07, 6.45) is 0. The molecular formula is C22H26O6S2. The number of carbonyl (C=O) groups is 1. The second-order valence-corrected chi connectivity index (χ2v) is 12.3. The quantitative estimate of drug-likeness (QED) is 0.470. The van der Waals surface area contributed by atoms with Gasteiger partial charge in [0, 0.05) is 11.5 Å². The maximum absolute atomic E-state index is 13.4. The molecule has 6 nitrogen and oxygen atoms in total. The number of ether oxygens (including phenoxy) is 1. The van der Waals surface area contributed by atoms with Crippen molar-refractivity contribution < 1.29 is 26.4 Å². The number of hydrogen-bond acceptors (Lipinski definition) is 6. The Bertz CT molecular complexity index is 1040. The molecule has 0 heterocycles. The summed E-state index contributed by atoms with van der Waals surface area (Å²) in [7, 11) is -8.77. The van der Waals surface area contributed by atoms with Gasteiger partial charge in [0.2, 0.25) is 0 Å². The zero-order valence-corrected chi connectivity index (χ0v) is 19.0. The highest BCUT2D eigenvalue weighted by Gasteiger charge is 2.46. The van der Waals surface area contributed by atoms with E-state index in [0.717, 1.165) is 0 Å². The Morgan fingerprint density at radius 3 is 1.53 bits per heavy atom. The monoisotopic (exact) mass is 450 g/mol. The van der Waals surface area contributed by atoms with Crippen LogP contribution >= 0.6 is 0 Å². The Hall–Kier alpha value is -2.45. The summed E-state index contributed by atoms with van der Waals surface area (Å²) in [6.45, 7) is 9.99. The Balaban J connectivity index is 2.63. The standard InChI is InChI=1S/C22H26O6S2/c1-16(20(23)28-22(3,4)5)17(2)21(29(24,25)18-12-8-6-9-13-18)30(26,27)19-14-10-7-11-15-19/h6-15,17,21H,1H2,2-5H3. The van der Waals surface area contributed by atoms with Crippen molar-refractivity contribution in [2.45, 2.75) is 47.7 Å². The molecule has 0 aromatic heterocycles. The minimum absolute atomic E-state index is 0.154. The summed E-state index contributed by atoms with van der Waals surface area (Å²) >= 11 is 0. The van der Waals surface area contributed by atoms with Crippen molar-refractivity contribution >= 4 is 25.6 Å². The predicted octanol–water partition coefficient (Wildman–Crippen LogP) is 3.79. The van der Waals surface area contributed by atoms with Gasteiger partial charge in [-0.25, -0.2) is 21.6 Å². The van der Waals surface area contributed by atoms with Crippen molar-refractivity contribution in [3.05, 3.63) is 72.8 Å². The van der Waals surface area contributed by atoms with Gasteiger partial charge >= 0.3 is 5.97 Å². The van der Waals surface area contributed by atoms with Gasteiger partial charge in [-0.05, 0) is 45.0 Å². The normalized spacial score (nSPS) is 13.6. The van der Waals surface area contributed by atoms with Crippen LogP contribution in [-0.4, -0.2) is 33.0 Å². The van der Waals surface area contributed by atoms with Crippen molar-refractivity contribution in [3.8, 4) is 0 Å². The van der Waals surface area contributed by atoms with Gasteiger partial charge in [0.1, 0.15) is 5.60 Å². The average Bonchev–Trinajstić information content (AvgIpc) is 2.67. The third-order valence-corrected chi connectivity index (χ3v) is 9.79. The molecule has 2 aromatic carbocycles. The summed E-state index contributed by atoms with van der Waals surface area (Å²) < 4.78 is 57.1. The van der Waals surface area contributed by atoms with Gasteiger partial charge in [-0.15, -0.1) is 0 Å². The Morgan fingerprint density at radius 2 is 1.20 bits per heavy atom. The fourth-order valence-corrected chi connectivity index (χ4v) is 7.90.